The van der Waals surface area contributed by atoms with E-state index < -0.39 is 0 Å². The Balaban J connectivity index is 2.49. The fourth-order valence-corrected chi connectivity index (χ4v) is 2.16. The lowest BCUT2D eigenvalue weighted by Gasteiger charge is -2.12. The number of nitrogens with one attached hydrogen (secondary N) is 1. The van der Waals surface area contributed by atoms with E-state index in [9.17, 15) is 4.79 Å². The summed E-state index contributed by atoms with van der Waals surface area (Å²) < 4.78 is 5.33. The van der Waals surface area contributed by atoms with Crippen molar-refractivity contribution in [3.63, 3.8) is 0 Å². The first-order valence-corrected chi connectivity index (χ1v) is 7.42. The molecule has 1 unspecified atom stereocenters. The normalized spacial score (nSPS) is 11.7. The van der Waals surface area contributed by atoms with Gasteiger partial charge in [0.25, 0.3) is 0 Å². The standard InChI is InChI=1S/C13H18N2O2S2/c1-3-17-11-6-4-10(5-7-11)15-13(16)9(2)19-8-12(14)18/h4-7,9H,3,8H2,1-2H3,(H2,14,18)(H,15,16). The molecule has 1 aromatic rings. The van der Waals surface area contributed by atoms with Crippen molar-refractivity contribution in [3.05, 3.63) is 24.3 Å². The van der Waals surface area contributed by atoms with Crippen LogP contribution in [-0.4, -0.2) is 28.5 Å². The zero-order valence-corrected chi connectivity index (χ0v) is 12.6. The summed E-state index contributed by atoms with van der Waals surface area (Å²) in [4.78, 5) is 12.3. The van der Waals surface area contributed by atoms with Crippen LogP contribution < -0.4 is 15.8 Å². The van der Waals surface area contributed by atoms with Crippen LogP contribution in [0.3, 0.4) is 0 Å². The number of benzene rings is 1. The molecule has 0 aliphatic heterocycles. The van der Waals surface area contributed by atoms with Crippen molar-refractivity contribution >= 4 is 40.6 Å². The van der Waals surface area contributed by atoms with E-state index in [0.717, 1.165) is 11.4 Å². The number of carbonyl (C=O) groups excluding carboxylic acids is 1. The molecular weight excluding hydrogens is 280 g/mol. The van der Waals surface area contributed by atoms with Gasteiger partial charge in [0.1, 0.15) is 5.75 Å². The SMILES string of the molecule is CCOc1ccc(NC(=O)C(C)SCC(N)=S)cc1. The molecule has 0 aliphatic rings. The monoisotopic (exact) mass is 298 g/mol. The Morgan fingerprint density at radius 3 is 2.63 bits per heavy atom. The van der Waals surface area contributed by atoms with Gasteiger partial charge in [-0.1, -0.05) is 12.2 Å². The summed E-state index contributed by atoms with van der Waals surface area (Å²) in [6, 6.07) is 7.28. The summed E-state index contributed by atoms with van der Waals surface area (Å²) in [5.41, 5.74) is 6.15. The van der Waals surface area contributed by atoms with Gasteiger partial charge < -0.3 is 15.8 Å². The molecule has 0 fully saturated rings. The Bertz CT molecular complexity index is 435. The van der Waals surface area contributed by atoms with Crippen molar-refractivity contribution in [1.82, 2.24) is 0 Å². The summed E-state index contributed by atoms with van der Waals surface area (Å²) >= 11 is 6.20. The first-order valence-electron chi connectivity index (χ1n) is 5.96. The van der Waals surface area contributed by atoms with Crippen molar-refractivity contribution < 1.29 is 9.53 Å². The van der Waals surface area contributed by atoms with Gasteiger partial charge in [-0.05, 0) is 38.1 Å². The second-order valence-corrected chi connectivity index (χ2v) is 5.72. The average Bonchev–Trinajstić information content (AvgIpc) is 2.38. The molecule has 0 radical (unpaired) electrons. The van der Waals surface area contributed by atoms with Gasteiger partial charge in [0.2, 0.25) is 5.91 Å². The van der Waals surface area contributed by atoms with E-state index in [4.69, 9.17) is 22.7 Å². The molecule has 0 spiro atoms. The molecule has 104 valence electrons. The van der Waals surface area contributed by atoms with Crippen molar-refractivity contribution in [2.75, 3.05) is 17.7 Å². The number of hydrogen-bond donors (Lipinski definition) is 2. The summed E-state index contributed by atoms with van der Waals surface area (Å²) in [5, 5.41) is 2.63. The van der Waals surface area contributed by atoms with E-state index in [2.05, 4.69) is 5.32 Å². The van der Waals surface area contributed by atoms with Crippen LogP contribution in [0.5, 0.6) is 5.75 Å². The van der Waals surface area contributed by atoms with E-state index in [1.54, 1.807) is 0 Å². The number of rotatable bonds is 7. The van der Waals surface area contributed by atoms with Gasteiger partial charge in [-0.2, -0.15) is 0 Å². The third-order valence-corrected chi connectivity index (χ3v) is 3.80. The first-order chi connectivity index (χ1) is 9.02. The number of carbonyl (C=O) groups is 1. The minimum atomic E-state index is -0.201. The molecule has 0 saturated heterocycles. The molecular formula is C13H18N2O2S2. The Hall–Kier alpha value is -1.27. The number of thiocarbonyl (C=S) groups is 1. The lowest BCUT2D eigenvalue weighted by molar-refractivity contribution is -0.115. The third-order valence-electron chi connectivity index (χ3n) is 2.28. The lowest BCUT2D eigenvalue weighted by Crippen LogP contribution is -2.24. The predicted molar refractivity (Wildman–Crippen MR) is 84.9 cm³/mol. The lowest BCUT2D eigenvalue weighted by atomic mass is 10.3. The Morgan fingerprint density at radius 2 is 2.11 bits per heavy atom. The molecule has 1 atom stereocenters. The van der Waals surface area contributed by atoms with Crippen LogP contribution in [0.25, 0.3) is 0 Å². The fraction of sp³-hybridized carbons (Fsp3) is 0.385. The van der Waals surface area contributed by atoms with E-state index in [0.29, 0.717) is 17.3 Å². The fourth-order valence-electron chi connectivity index (χ4n) is 1.33. The first kappa shape index (κ1) is 15.8. The van der Waals surface area contributed by atoms with Gasteiger partial charge in [-0.15, -0.1) is 11.8 Å². The number of nitrogens with two attached hydrogens (primary N) is 1. The summed E-state index contributed by atoms with van der Waals surface area (Å²) in [7, 11) is 0. The maximum absolute atomic E-state index is 11.9. The van der Waals surface area contributed by atoms with Crippen LogP contribution in [-0.2, 0) is 4.79 Å². The molecule has 0 bridgehead atoms. The minimum absolute atomic E-state index is 0.0644. The Morgan fingerprint density at radius 1 is 1.47 bits per heavy atom. The predicted octanol–water partition coefficient (Wildman–Crippen LogP) is 2.43. The van der Waals surface area contributed by atoms with E-state index in [-0.39, 0.29) is 11.2 Å². The molecule has 0 heterocycles. The highest BCUT2D eigenvalue weighted by Gasteiger charge is 2.13. The summed E-state index contributed by atoms with van der Waals surface area (Å²) in [5.74, 6) is 1.23. The van der Waals surface area contributed by atoms with Crippen LogP contribution in [0.2, 0.25) is 0 Å². The molecule has 3 N–H and O–H groups in total. The van der Waals surface area contributed by atoms with Crippen molar-refractivity contribution in [1.29, 1.82) is 0 Å². The highest BCUT2D eigenvalue weighted by atomic mass is 32.2. The number of thioether (sulfide) groups is 1. The minimum Gasteiger partial charge on any atom is -0.494 e. The number of ether oxygens (including phenoxy) is 1. The summed E-state index contributed by atoms with van der Waals surface area (Å²) in [6.45, 7) is 4.38. The van der Waals surface area contributed by atoms with Crippen LogP contribution in [0.1, 0.15) is 13.8 Å². The molecule has 4 nitrogen and oxygen atoms in total. The second-order valence-electron chi connectivity index (χ2n) is 3.87. The molecule has 1 amide bonds. The third kappa shape index (κ3) is 5.94. The quantitative estimate of drug-likeness (QED) is 0.757. The van der Waals surface area contributed by atoms with Crippen LogP contribution in [0, 0.1) is 0 Å². The van der Waals surface area contributed by atoms with E-state index in [1.165, 1.54) is 11.8 Å². The maximum Gasteiger partial charge on any atom is 0.237 e. The highest BCUT2D eigenvalue weighted by Crippen LogP contribution is 2.17. The van der Waals surface area contributed by atoms with Crippen molar-refractivity contribution in [2.24, 2.45) is 5.73 Å². The molecule has 6 heteroatoms. The van der Waals surface area contributed by atoms with Gasteiger partial charge in [-0.25, -0.2) is 0 Å². The zero-order chi connectivity index (χ0) is 14.3. The van der Waals surface area contributed by atoms with Gasteiger partial charge in [0.05, 0.1) is 16.8 Å². The van der Waals surface area contributed by atoms with Crippen LogP contribution in [0.4, 0.5) is 5.69 Å². The number of hydrogen-bond acceptors (Lipinski definition) is 4. The number of anilines is 1. The van der Waals surface area contributed by atoms with Gasteiger partial charge in [-0.3, -0.25) is 4.79 Å². The Kier molecular flexibility index (Phi) is 6.66. The average molecular weight is 298 g/mol. The van der Waals surface area contributed by atoms with Crippen LogP contribution in [0.15, 0.2) is 24.3 Å². The van der Waals surface area contributed by atoms with Crippen molar-refractivity contribution in [3.8, 4) is 5.75 Å². The van der Waals surface area contributed by atoms with Gasteiger partial charge in [0, 0.05) is 11.4 Å². The molecule has 1 rings (SSSR count). The largest absolute Gasteiger partial charge is 0.494 e. The van der Waals surface area contributed by atoms with Crippen LogP contribution >= 0.6 is 24.0 Å². The zero-order valence-electron chi connectivity index (χ0n) is 11.0. The molecule has 0 aliphatic carbocycles. The topological polar surface area (TPSA) is 64.3 Å². The van der Waals surface area contributed by atoms with Gasteiger partial charge >= 0.3 is 0 Å². The maximum atomic E-state index is 11.9. The molecule has 0 saturated carbocycles. The Labute approximate surface area is 123 Å². The smallest absolute Gasteiger partial charge is 0.237 e. The second kappa shape index (κ2) is 8.01. The highest BCUT2D eigenvalue weighted by molar-refractivity contribution is 8.02. The van der Waals surface area contributed by atoms with E-state index in [1.807, 2.05) is 38.1 Å². The molecule has 19 heavy (non-hydrogen) atoms. The molecule has 1 aromatic carbocycles. The number of amides is 1. The molecule has 0 aromatic heterocycles. The van der Waals surface area contributed by atoms with Crippen molar-refractivity contribution in [2.45, 2.75) is 19.1 Å². The van der Waals surface area contributed by atoms with E-state index >= 15 is 0 Å². The summed E-state index contributed by atoms with van der Waals surface area (Å²) in [6.07, 6.45) is 0. The van der Waals surface area contributed by atoms with Gasteiger partial charge in [0.15, 0.2) is 0 Å².